The minimum absolute atomic E-state index is 0.497. The molecule has 0 aliphatic carbocycles. The summed E-state index contributed by atoms with van der Waals surface area (Å²) in [5.74, 6) is -5.55. The Bertz CT molecular complexity index is 2830. The molecule has 10 heteroatoms. The number of phenolic OH excluding ortho intramolecular Hbond substituents is 3. The Hall–Kier alpha value is -4.87. The summed E-state index contributed by atoms with van der Waals surface area (Å²) in [4.78, 5) is 10.7. The molecule has 4 rings (SSSR count). The molecule has 0 aliphatic rings. The third kappa shape index (κ3) is 26.5. The van der Waals surface area contributed by atoms with E-state index in [0.717, 1.165) is 0 Å². The van der Waals surface area contributed by atoms with Crippen LogP contribution in [0.4, 0.5) is 0 Å². The van der Waals surface area contributed by atoms with Gasteiger partial charge in [-0.2, -0.15) is 0 Å². The van der Waals surface area contributed by atoms with Crippen molar-refractivity contribution in [1.29, 1.82) is 0 Å². The molecule has 0 heterocycles. The lowest BCUT2D eigenvalue weighted by atomic mass is 10.1. The van der Waals surface area contributed by atoms with Gasteiger partial charge in [0.05, 0.1) is 46.1 Å². The first kappa shape index (κ1) is 11.5. The molecular formula is C35H41BrO9. The van der Waals surface area contributed by atoms with E-state index < -0.39 is 211 Å². The molecule has 0 aromatic heterocycles. The Morgan fingerprint density at radius 2 is 1.24 bits per heavy atom. The molecule has 0 amide bonds. The van der Waals surface area contributed by atoms with Crippen molar-refractivity contribution in [3.8, 4) is 23.0 Å². The van der Waals surface area contributed by atoms with Crippen molar-refractivity contribution in [3.63, 3.8) is 0 Å². The number of aliphatic carboxylic acids is 1. The Morgan fingerprint density at radius 1 is 0.778 bits per heavy atom. The van der Waals surface area contributed by atoms with Crippen LogP contribution in [0.2, 0.25) is 0 Å². The molecule has 0 atom stereocenters. The van der Waals surface area contributed by atoms with Crippen molar-refractivity contribution in [3.05, 3.63) is 158 Å². The number of aromatic hydroxyl groups is 3. The van der Waals surface area contributed by atoms with Gasteiger partial charge in [-0.05, 0) is 48.2 Å². The van der Waals surface area contributed by atoms with Gasteiger partial charge in [0.15, 0.2) is 0 Å². The van der Waals surface area contributed by atoms with Crippen LogP contribution in [0.3, 0.4) is 0 Å². The van der Waals surface area contributed by atoms with Gasteiger partial charge >= 0.3 is 5.97 Å². The Kier molecular flexibility index (Phi) is 7.81. The van der Waals surface area contributed by atoms with E-state index >= 15 is 0 Å². The molecule has 0 unspecified atom stereocenters. The minimum Gasteiger partial charge on any atom is -0.508 e. The lowest BCUT2D eigenvalue weighted by Gasteiger charge is -1.99. The summed E-state index contributed by atoms with van der Waals surface area (Å²) in [7, 11) is 0. The number of hydrogen-bond donors (Lipinski definition) is 6. The van der Waals surface area contributed by atoms with E-state index in [2.05, 4.69) is 25.7 Å². The first-order valence-electron chi connectivity index (χ1n) is 27.8. The average molecular weight is 721 g/mol. The van der Waals surface area contributed by atoms with Crippen LogP contribution in [0, 0.1) is 0 Å². The highest BCUT2D eigenvalue weighted by atomic mass is 79.9. The number of ether oxygens (including phenoxy) is 1. The summed E-state index contributed by atoms with van der Waals surface area (Å²) in [6, 6.07) is -15.6. The van der Waals surface area contributed by atoms with Crippen molar-refractivity contribution in [2.24, 2.45) is 0 Å². The fourth-order valence-corrected chi connectivity index (χ4v) is 1.57. The summed E-state index contributed by atoms with van der Waals surface area (Å²) in [6.45, 7) is -6.04. The first-order valence-corrected chi connectivity index (χ1v) is 11.1. The maximum absolute atomic E-state index is 10.7. The van der Waals surface area contributed by atoms with Gasteiger partial charge in [-0.15, -0.1) is 13.1 Å². The van der Waals surface area contributed by atoms with E-state index in [9.17, 15) is 15.0 Å². The van der Waals surface area contributed by atoms with Gasteiger partial charge < -0.3 is 25.2 Å². The molecule has 0 saturated heterocycles. The van der Waals surface area contributed by atoms with E-state index in [1.807, 2.05) is 0 Å². The van der Waals surface area contributed by atoms with E-state index in [1.54, 1.807) is 0 Å². The zero-order valence-electron chi connectivity index (χ0n) is 56.8. The molecule has 6 N–H and O–H groups in total. The number of halogens is 1. The number of para-hydroxylation sites is 4. The third-order valence-electron chi connectivity index (χ3n) is 2.97. The van der Waals surface area contributed by atoms with Gasteiger partial charge in [0.25, 0.3) is 0 Å². The number of carbonyl (C=O) groups is 1. The maximum atomic E-state index is 10.7. The van der Waals surface area contributed by atoms with E-state index in [0.29, 0.717) is 0 Å². The predicted octanol–water partition coefficient (Wildman–Crippen LogP) is 8.30. The monoisotopic (exact) mass is 719 g/mol. The highest BCUT2D eigenvalue weighted by Gasteiger charge is 2.03. The smallest absolute Gasteiger partial charge is 0.307 e. The van der Waals surface area contributed by atoms with Crippen LogP contribution in [0.5, 0.6) is 23.0 Å². The Balaban J connectivity index is 0. The number of rotatable bonds is 8. The third-order valence-corrected chi connectivity index (χ3v) is 3.17. The minimum atomic E-state index is -3.10. The van der Waals surface area contributed by atoms with Gasteiger partial charge in [0.1, 0.15) is 29.6 Å². The average Bonchev–Trinajstić information content (AvgIpc) is 3.36. The van der Waals surface area contributed by atoms with Gasteiger partial charge in [-0.1, -0.05) is 118 Å². The van der Waals surface area contributed by atoms with Crippen LogP contribution < -0.4 is 4.74 Å². The van der Waals surface area contributed by atoms with Crippen LogP contribution in [0.25, 0.3) is 0 Å². The molecule has 4 aromatic rings. The number of alkyl halides is 1. The Labute approximate surface area is 322 Å². The highest BCUT2D eigenvalue weighted by Crippen LogP contribution is 2.16. The largest absolute Gasteiger partial charge is 0.508 e. The normalized spacial score (nSPS) is 20.6. The molecular weight excluding hydrogens is 644 g/mol. The SMILES string of the molecule is OOO.[2H]C([2H])=C([2H])C([2H])([2H])Br.[2H]C([2H])=C([2H])C([2H])([2H])Oc1c([2H])c([2H])c([2H])c([2H])c1[2H].[2H]C([2H])=C([2H])C([2H])([2H])c1c([2H])c([2H])c([2H])c([2H])c1O.[2H]c1c([2H])c([2H])c(C([2H])([2H])C(=O)O)c(O)c1[2H].[2H]c1c([2H])c([2H])c(O)c([2H])c1[2H]. The van der Waals surface area contributed by atoms with Crippen LogP contribution >= 0.6 is 15.9 Å². The van der Waals surface area contributed by atoms with Crippen LogP contribution in [0.1, 0.15) is 59.1 Å². The molecule has 0 aliphatic heterocycles. The van der Waals surface area contributed by atoms with E-state index in [1.165, 1.54) is 0 Å². The molecule has 9 nitrogen and oxygen atoms in total. The second-order valence-electron chi connectivity index (χ2n) is 5.69. The lowest BCUT2D eigenvalue weighted by molar-refractivity contribution is -0.465. The molecule has 0 bridgehead atoms. The van der Waals surface area contributed by atoms with Gasteiger partial charge in [0.2, 0.25) is 0 Å². The standard InChI is InChI=1S/2C9H10O.C8H8O3.C6H6O.C3H5Br.H2O3/c1-2-8-10-9-6-4-3-5-7-9;1-2-5-8-6-3-4-7-9(8)10;9-7-4-2-1-3-6(7)5-8(10)11;7-6-4-2-1-3-5-6;1-2-3-4;1-3-2/h2-7H,1,8H2;2-4,6-7,10H,1,5H2;1-4,9H,5H2,(H,10,11);1-5,7H;2H,1,3H2;1-2H/i1D2,2D,3D,4D,5D,6D,7D,8D2;1D2,2D,3D,4D,5D2,6D,7D;1D,2D,3D,4D,5D2;1D,2D,3D,4D,5D;1D2,2D,3D2;. The predicted molar refractivity (Wildman–Crippen MR) is 182 cm³/mol. The number of hydrogen-bond acceptors (Lipinski definition) is 8. The molecule has 242 valence electrons. The maximum Gasteiger partial charge on any atom is 0.307 e. The van der Waals surface area contributed by atoms with Crippen molar-refractivity contribution in [1.82, 2.24) is 0 Å². The number of carboxylic acid groups (broad SMARTS) is 1. The summed E-state index contributed by atoms with van der Waals surface area (Å²) in [6.07, 6.45) is -5.96. The summed E-state index contributed by atoms with van der Waals surface area (Å²) < 4.78 is 256. The zero-order valence-corrected chi connectivity index (χ0v) is 23.4. The molecule has 0 radical (unpaired) electrons. The van der Waals surface area contributed by atoms with Gasteiger partial charge in [0, 0.05) is 19.1 Å². The molecule has 0 saturated carbocycles. The van der Waals surface area contributed by atoms with Crippen molar-refractivity contribution in [2.75, 3.05) is 11.8 Å². The summed E-state index contributed by atoms with van der Waals surface area (Å²) in [5, 5.41) is 50.2. The topological polar surface area (TPSA) is 157 Å². The molecule has 45 heavy (non-hydrogen) atoms. The number of benzene rings is 4. The highest BCUT2D eigenvalue weighted by molar-refractivity contribution is 9.09. The van der Waals surface area contributed by atoms with E-state index in [-0.39, 0.29) is 0 Å². The zero-order chi connectivity index (χ0) is 64.3. The lowest BCUT2D eigenvalue weighted by Crippen LogP contribution is -1.99. The Morgan fingerprint density at radius 3 is 1.73 bits per heavy atom. The summed E-state index contributed by atoms with van der Waals surface area (Å²) >= 11 is 2.49. The van der Waals surface area contributed by atoms with Crippen LogP contribution in [-0.4, -0.2) is 48.8 Å². The number of carboxylic acids is 1. The second-order valence-corrected chi connectivity index (χ2v) is 6.08. The number of phenols is 3. The van der Waals surface area contributed by atoms with Crippen molar-refractivity contribution >= 4 is 21.9 Å². The molecule has 4 aromatic carbocycles. The van der Waals surface area contributed by atoms with Gasteiger partial charge in [-0.25, -0.2) is 10.5 Å². The van der Waals surface area contributed by atoms with Crippen LogP contribution in [0.15, 0.2) is 147 Å². The molecule has 0 spiro atoms. The second kappa shape index (κ2) is 30.6. The fourth-order valence-electron chi connectivity index (χ4n) is 1.57. The first-order chi connectivity index (χ1) is 35.9. The fraction of sp³-hybridized carbons (Fsp3) is 0.114. The molecule has 0 fully saturated rings. The van der Waals surface area contributed by atoms with Gasteiger partial charge in [-0.3, -0.25) is 4.79 Å². The van der Waals surface area contributed by atoms with Crippen molar-refractivity contribution in [2.45, 2.75) is 12.7 Å². The van der Waals surface area contributed by atoms with Crippen LogP contribution in [-0.2, 0) is 22.6 Å². The van der Waals surface area contributed by atoms with Crippen molar-refractivity contribution < 1.29 is 93.5 Å². The summed E-state index contributed by atoms with van der Waals surface area (Å²) in [5.41, 5.74) is -1.82. The van der Waals surface area contributed by atoms with E-state index in [4.69, 9.17) is 68.7 Å². The number of allylic oxidation sites excluding steroid dienone is 2. The quantitative estimate of drug-likeness (QED) is 0.0456.